The molecular weight excluding hydrogens is 346 g/mol. The molecule has 1 unspecified atom stereocenters. The molecule has 10 heteroatoms. The van der Waals surface area contributed by atoms with Crippen molar-refractivity contribution in [2.75, 3.05) is 0 Å². The van der Waals surface area contributed by atoms with E-state index < -0.39 is 36.3 Å². The molecule has 134 valence electrons. The topological polar surface area (TPSA) is 84.2 Å². The molecule has 0 spiro atoms. The molecule has 2 rings (SSSR count). The molecule has 6 nitrogen and oxygen atoms in total. The highest BCUT2D eigenvalue weighted by Gasteiger charge is 2.36. The normalized spacial score (nSPS) is 12.7. The number of aromatic nitrogens is 2. The van der Waals surface area contributed by atoms with Crippen LogP contribution in [-0.4, -0.2) is 39.0 Å². The maximum absolute atomic E-state index is 13.8. The summed E-state index contributed by atoms with van der Waals surface area (Å²) in [5, 5.41) is 14.5. The molecule has 2 aromatic rings. The first kappa shape index (κ1) is 18.4. The van der Waals surface area contributed by atoms with Gasteiger partial charge in [0.25, 0.3) is 5.91 Å². The van der Waals surface area contributed by atoms with E-state index in [4.69, 9.17) is 5.11 Å². The number of hydrogen-bond donors (Lipinski definition) is 2. The Balaban J connectivity index is 2.26. The molecule has 25 heavy (non-hydrogen) atoms. The van der Waals surface area contributed by atoms with Crippen molar-refractivity contribution >= 4 is 11.9 Å². The Morgan fingerprint density at radius 1 is 1.32 bits per heavy atom. The SMILES string of the molecule is Cc1c(C(=O)NC(CC(F)(F)F)C(=O)O)cnn1-c1ccccc1F. The summed E-state index contributed by atoms with van der Waals surface area (Å²) in [7, 11) is 0. The number of benzene rings is 1. The Morgan fingerprint density at radius 3 is 2.52 bits per heavy atom. The van der Waals surface area contributed by atoms with E-state index in [2.05, 4.69) is 5.10 Å². The number of amides is 1. The average Bonchev–Trinajstić information content (AvgIpc) is 2.87. The van der Waals surface area contributed by atoms with Crippen molar-refractivity contribution in [3.05, 3.63) is 47.5 Å². The predicted molar refractivity (Wildman–Crippen MR) is 77.8 cm³/mol. The number of alkyl halides is 3. The first-order valence-corrected chi connectivity index (χ1v) is 7.00. The lowest BCUT2D eigenvalue weighted by Gasteiger charge is -2.16. The molecule has 1 aromatic carbocycles. The lowest BCUT2D eigenvalue weighted by Crippen LogP contribution is -2.43. The summed E-state index contributed by atoms with van der Waals surface area (Å²) in [5.41, 5.74) is 0.0413. The number of hydrogen-bond acceptors (Lipinski definition) is 3. The molecule has 1 heterocycles. The number of carbonyl (C=O) groups is 2. The van der Waals surface area contributed by atoms with E-state index in [1.807, 2.05) is 0 Å². The van der Waals surface area contributed by atoms with E-state index in [0.717, 1.165) is 10.9 Å². The van der Waals surface area contributed by atoms with Crippen molar-refractivity contribution in [2.24, 2.45) is 0 Å². The van der Waals surface area contributed by atoms with Gasteiger partial charge in [-0.2, -0.15) is 18.3 Å². The molecule has 0 aliphatic carbocycles. The van der Waals surface area contributed by atoms with Gasteiger partial charge in [-0.05, 0) is 19.1 Å². The Bertz CT molecular complexity index is 802. The highest BCUT2D eigenvalue weighted by molar-refractivity contribution is 5.97. The zero-order chi connectivity index (χ0) is 18.8. The molecule has 0 radical (unpaired) electrons. The maximum Gasteiger partial charge on any atom is 0.391 e. The number of carbonyl (C=O) groups excluding carboxylic acids is 1. The molecule has 1 amide bonds. The quantitative estimate of drug-likeness (QED) is 0.804. The van der Waals surface area contributed by atoms with Crippen LogP contribution in [0.2, 0.25) is 0 Å². The molecule has 0 saturated heterocycles. The smallest absolute Gasteiger partial charge is 0.391 e. The van der Waals surface area contributed by atoms with Gasteiger partial charge in [0.15, 0.2) is 0 Å². The van der Waals surface area contributed by atoms with Crippen LogP contribution in [0.5, 0.6) is 0 Å². The summed E-state index contributed by atoms with van der Waals surface area (Å²) < 4.78 is 52.1. The second kappa shape index (κ2) is 6.91. The number of carboxylic acids is 1. The molecular formula is C15H13F4N3O3. The lowest BCUT2D eigenvalue weighted by atomic mass is 10.1. The summed E-state index contributed by atoms with van der Waals surface area (Å²) in [6.45, 7) is 1.41. The number of nitrogens with one attached hydrogen (secondary N) is 1. The summed E-state index contributed by atoms with van der Waals surface area (Å²) in [6, 6.07) is 3.45. The largest absolute Gasteiger partial charge is 0.480 e. The lowest BCUT2D eigenvalue weighted by molar-refractivity contribution is -0.157. The van der Waals surface area contributed by atoms with Gasteiger partial charge in [-0.15, -0.1) is 0 Å². The third kappa shape index (κ3) is 4.34. The van der Waals surface area contributed by atoms with Gasteiger partial charge in [0.05, 0.1) is 23.9 Å². The van der Waals surface area contributed by atoms with Crippen molar-refractivity contribution in [1.82, 2.24) is 15.1 Å². The Hall–Kier alpha value is -2.91. The van der Waals surface area contributed by atoms with Crippen molar-refractivity contribution in [3.8, 4) is 5.69 Å². The van der Waals surface area contributed by atoms with Crippen LogP contribution in [0.1, 0.15) is 22.5 Å². The number of rotatable bonds is 5. The van der Waals surface area contributed by atoms with Gasteiger partial charge >= 0.3 is 12.1 Å². The first-order valence-electron chi connectivity index (χ1n) is 7.00. The van der Waals surface area contributed by atoms with Crippen LogP contribution < -0.4 is 5.32 Å². The third-order valence-electron chi connectivity index (χ3n) is 3.37. The van der Waals surface area contributed by atoms with Crippen LogP contribution >= 0.6 is 0 Å². The number of para-hydroxylation sites is 1. The maximum atomic E-state index is 13.8. The molecule has 1 atom stereocenters. The summed E-state index contributed by atoms with van der Waals surface area (Å²) >= 11 is 0. The zero-order valence-corrected chi connectivity index (χ0v) is 12.8. The number of halogens is 4. The minimum absolute atomic E-state index is 0.0455. The standard InChI is InChI=1S/C15H13F4N3O3/c1-8-9(7-20-22(8)12-5-3-2-4-10(12)16)13(23)21-11(14(24)25)6-15(17,18)19/h2-5,7,11H,6H2,1H3,(H,21,23)(H,24,25). The van der Waals surface area contributed by atoms with Crippen LogP contribution in [0.3, 0.4) is 0 Å². The molecule has 0 saturated carbocycles. The highest BCUT2D eigenvalue weighted by atomic mass is 19.4. The molecule has 0 aliphatic heterocycles. The summed E-state index contributed by atoms with van der Waals surface area (Å²) in [4.78, 5) is 23.0. The molecule has 0 fully saturated rings. The summed E-state index contributed by atoms with van der Waals surface area (Å²) in [5.74, 6) is -3.47. The summed E-state index contributed by atoms with van der Waals surface area (Å²) in [6.07, 6.45) is -5.44. The van der Waals surface area contributed by atoms with Crippen molar-refractivity contribution in [1.29, 1.82) is 0 Å². The van der Waals surface area contributed by atoms with Gasteiger partial charge in [-0.25, -0.2) is 13.9 Å². The molecule has 2 N–H and O–H groups in total. The van der Waals surface area contributed by atoms with Crippen LogP contribution in [0.25, 0.3) is 5.69 Å². The second-order valence-corrected chi connectivity index (χ2v) is 5.19. The van der Waals surface area contributed by atoms with Gasteiger partial charge in [0.2, 0.25) is 0 Å². The van der Waals surface area contributed by atoms with E-state index in [1.54, 1.807) is 11.4 Å². The van der Waals surface area contributed by atoms with Crippen molar-refractivity contribution < 1.29 is 32.3 Å². The molecule has 0 bridgehead atoms. The Labute approximate surface area is 139 Å². The van der Waals surface area contributed by atoms with Gasteiger partial charge in [-0.1, -0.05) is 12.1 Å². The zero-order valence-electron chi connectivity index (χ0n) is 12.8. The van der Waals surface area contributed by atoms with Crippen LogP contribution in [0, 0.1) is 12.7 Å². The van der Waals surface area contributed by atoms with E-state index in [9.17, 15) is 27.2 Å². The third-order valence-corrected chi connectivity index (χ3v) is 3.37. The van der Waals surface area contributed by atoms with Crippen LogP contribution in [0.15, 0.2) is 30.5 Å². The Morgan fingerprint density at radius 2 is 1.96 bits per heavy atom. The van der Waals surface area contributed by atoms with Crippen molar-refractivity contribution in [3.63, 3.8) is 0 Å². The van der Waals surface area contributed by atoms with E-state index in [-0.39, 0.29) is 16.9 Å². The van der Waals surface area contributed by atoms with Gasteiger partial charge < -0.3 is 10.4 Å². The minimum Gasteiger partial charge on any atom is -0.480 e. The van der Waals surface area contributed by atoms with Gasteiger partial charge in [-0.3, -0.25) is 4.79 Å². The fraction of sp³-hybridized carbons (Fsp3) is 0.267. The predicted octanol–water partition coefficient (Wildman–Crippen LogP) is 2.46. The van der Waals surface area contributed by atoms with E-state index in [0.29, 0.717) is 0 Å². The number of carboxylic acid groups (broad SMARTS) is 1. The van der Waals surface area contributed by atoms with Crippen LogP contribution in [-0.2, 0) is 4.79 Å². The fourth-order valence-corrected chi connectivity index (χ4v) is 2.17. The number of aliphatic carboxylic acids is 1. The van der Waals surface area contributed by atoms with Crippen molar-refractivity contribution in [2.45, 2.75) is 25.6 Å². The van der Waals surface area contributed by atoms with Crippen LogP contribution in [0.4, 0.5) is 17.6 Å². The van der Waals surface area contributed by atoms with E-state index >= 15 is 0 Å². The van der Waals surface area contributed by atoms with E-state index in [1.165, 1.54) is 25.1 Å². The number of nitrogens with zero attached hydrogens (tertiary/aromatic N) is 2. The second-order valence-electron chi connectivity index (χ2n) is 5.19. The monoisotopic (exact) mass is 359 g/mol. The van der Waals surface area contributed by atoms with Gasteiger partial charge in [0, 0.05) is 0 Å². The first-order chi connectivity index (χ1) is 11.6. The molecule has 1 aromatic heterocycles. The van der Waals surface area contributed by atoms with Gasteiger partial charge in [0.1, 0.15) is 17.5 Å². The Kier molecular flexibility index (Phi) is 5.10. The minimum atomic E-state index is -4.76. The highest BCUT2D eigenvalue weighted by Crippen LogP contribution is 2.22. The molecule has 0 aliphatic rings. The average molecular weight is 359 g/mol. The fourth-order valence-electron chi connectivity index (χ4n) is 2.17.